The molecule has 7 heavy (non-hydrogen) atoms. The van der Waals surface area contributed by atoms with Crippen LogP contribution in [0.4, 0.5) is 0 Å². The Bertz CT molecular complexity index is 49.1. The Kier molecular flexibility index (Phi) is 1.36. The van der Waals surface area contributed by atoms with Crippen molar-refractivity contribution >= 4 is 0 Å². The van der Waals surface area contributed by atoms with Crippen molar-refractivity contribution in [1.29, 1.82) is 0 Å². The quantitative estimate of drug-likeness (QED) is 0.495. The highest BCUT2D eigenvalue weighted by molar-refractivity contribution is 5.03. The zero-order valence-corrected chi connectivity index (χ0v) is 5.15. The lowest BCUT2D eigenvalue weighted by Crippen LogP contribution is -1.74. The van der Waals surface area contributed by atoms with E-state index < -0.39 is 0 Å². The molecular weight excluding hydrogens is 84.1 g/mol. The monoisotopic (exact) mass is 97.1 g/mol. The highest BCUT2D eigenvalue weighted by Crippen LogP contribution is 2.41. The lowest BCUT2D eigenvalue weighted by Gasteiger charge is -1.85. The first kappa shape index (κ1) is 5.14. The minimum absolute atomic E-state index is 0.991. The zero-order chi connectivity index (χ0) is 5.28. The van der Waals surface area contributed by atoms with E-state index in [9.17, 15) is 0 Å². The lowest BCUT2D eigenvalue weighted by atomic mass is 10.2. The molecule has 1 saturated carbocycles. The van der Waals surface area contributed by atoms with Gasteiger partial charge in [0.15, 0.2) is 0 Å². The smallest absolute Gasteiger partial charge is 0.0318 e. The van der Waals surface area contributed by atoms with Gasteiger partial charge in [-0.25, -0.2) is 0 Å². The van der Waals surface area contributed by atoms with Crippen LogP contribution < -0.4 is 0 Å². The van der Waals surface area contributed by atoms with E-state index in [4.69, 9.17) is 0 Å². The molecule has 0 amide bonds. The van der Waals surface area contributed by atoms with Gasteiger partial charge >= 0.3 is 0 Å². The molecule has 2 unspecified atom stereocenters. The summed E-state index contributed by atoms with van der Waals surface area (Å²) in [4.78, 5) is 0. The third-order valence-electron chi connectivity index (χ3n) is 1.85. The van der Waals surface area contributed by atoms with Gasteiger partial charge in [-0.05, 0) is 18.3 Å². The standard InChI is InChI=1S/C7H13/c1-3-6-5-7(6)4-2/h5-7H,3-4H2,1-2H3. The lowest BCUT2D eigenvalue weighted by molar-refractivity contribution is 0.663. The molecule has 1 fully saturated rings. The van der Waals surface area contributed by atoms with Crippen LogP contribution in [0, 0.1) is 18.3 Å². The second-order valence-electron chi connectivity index (χ2n) is 2.34. The minimum Gasteiger partial charge on any atom is -0.0651 e. The Morgan fingerprint density at radius 1 is 1.14 bits per heavy atom. The van der Waals surface area contributed by atoms with Gasteiger partial charge in [0.1, 0.15) is 0 Å². The largest absolute Gasteiger partial charge is 0.0651 e. The van der Waals surface area contributed by atoms with E-state index in [0.29, 0.717) is 0 Å². The maximum Gasteiger partial charge on any atom is -0.0318 e. The summed E-state index contributed by atoms with van der Waals surface area (Å²) in [5.74, 6) is 1.98. The molecule has 0 aromatic rings. The molecule has 41 valence electrons. The first-order valence-corrected chi connectivity index (χ1v) is 3.23. The van der Waals surface area contributed by atoms with Gasteiger partial charge in [0, 0.05) is 0 Å². The van der Waals surface area contributed by atoms with Crippen LogP contribution in [0.25, 0.3) is 0 Å². The van der Waals surface area contributed by atoms with Crippen molar-refractivity contribution in [2.24, 2.45) is 11.8 Å². The molecule has 0 bridgehead atoms. The second-order valence-corrected chi connectivity index (χ2v) is 2.34. The Labute approximate surface area is 45.9 Å². The van der Waals surface area contributed by atoms with Crippen molar-refractivity contribution in [2.75, 3.05) is 0 Å². The van der Waals surface area contributed by atoms with E-state index in [1.165, 1.54) is 12.8 Å². The van der Waals surface area contributed by atoms with Crippen LogP contribution >= 0.6 is 0 Å². The molecular formula is C7H13. The minimum atomic E-state index is 0.991. The van der Waals surface area contributed by atoms with E-state index in [1.807, 2.05) is 0 Å². The Balaban J connectivity index is 2.06. The van der Waals surface area contributed by atoms with Crippen LogP contribution in [0.5, 0.6) is 0 Å². The van der Waals surface area contributed by atoms with Crippen LogP contribution in [0.1, 0.15) is 26.7 Å². The van der Waals surface area contributed by atoms with Gasteiger partial charge in [0.25, 0.3) is 0 Å². The summed E-state index contributed by atoms with van der Waals surface area (Å²) >= 11 is 0. The predicted molar refractivity (Wildman–Crippen MR) is 31.9 cm³/mol. The molecule has 1 aliphatic carbocycles. The molecule has 0 saturated heterocycles. The summed E-state index contributed by atoms with van der Waals surface area (Å²) in [7, 11) is 0. The first-order chi connectivity index (χ1) is 3.38. The highest BCUT2D eigenvalue weighted by Gasteiger charge is 2.33. The average molecular weight is 97.2 g/mol. The predicted octanol–water partition coefficient (Wildman–Crippen LogP) is 2.26. The van der Waals surface area contributed by atoms with Gasteiger partial charge in [-0.15, -0.1) is 0 Å². The zero-order valence-electron chi connectivity index (χ0n) is 5.15. The fourth-order valence-electron chi connectivity index (χ4n) is 1.13. The summed E-state index contributed by atoms with van der Waals surface area (Å²) in [6.07, 6.45) is 5.16. The van der Waals surface area contributed by atoms with Crippen molar-refractivity contribution in [1.82, 2.24) is 0 Å². The van der Waals surface area contributed by atoms with Gasteiger partial charge in [0.05, 0.1) is 0 Å². The molecule has 2 atom stereocenters. The van der Waals surface area contributed by atoms with Crippen molar-refractivity contribution in [3.8, 4) is 0 Å². The topological polar surface area (TPSA) is 0 Å². The van der Waals surface area contributed by atoms with Crippen LogP contribution in [0.15, 0.2) is 0 Å². The van der Waals surface area contributed by atoms with Gasteiger partial charge in [-0.3, -0.25) is 0 Å². The van der Waals surface area contributed by atoms with Crippen molar-refractivity contribution in [3.05, 3.63) is 6.42 Å². The molecule has 0 spiro atoms. The Hall–Kier alpha value is 0. The molecule has 0 N–H and O–H groups in total. The van der Waals surface area contributed by atoms with E-state index >= 15 is 0 Å². The fraction of sp³-hybridized carbons (Fsp3) is 0.857. The average Bonchev–Trinajstić information content (AvgIpc) is 2.43. The second kappa shape index (κ2) is 1.85. The van der Waals surface area contributed by atoms with Crippen LogP contribution in [-0.4, -0.2) is 0 Å². The van der Waals surface area contributed by atoms with E-state index in [-0.39, 0.29) is 0 Å². The van der Waals surface area contributed by atoms with E-state index in [1.54, 1.807) is 0 Å². The summed E-state index contributed by atoms with van der Waals surface area (Å²) in [5, 5.41) is 0. The first-order valence-electron chi connectivity index (χ1n) is 3.23. The SMILES string of the molecule is CCC1[CH]C1CC. The molecule has 1 rings (SSSR count). The van der Waals surface area contributed by atoms with Crippen LogP contribution in [0.3, 0.4) is 0 Å². The van der Waals surface area contributed by atoms with Gasteiger partial charge in [0.2, 0.25) is 0 Å². The van der Waals surface area contributed by atoms with Crippen molar-refractivity contribution in [2.45, 2.75) is 26.7 Å². The summed E-state index contributed by atoms with van der Waals surface area (Å²) < 4.78 is 0. The molecule has 0 heterocycles. The van der Waals surface area contributed by atoms with Gasteiger partial charge < -0.3 is 0 Å². The number of hydrogen-bond donors (Lipinski definition) is 0. The van der Waals surface area contributed by atoms with E-state index in [2.05, 4.69) is 20.3 Å². The summed E-state index contributed by atoms with van der Waals surface area (Å²) in [5.41, 5.74) is 0. The molecule has 1 radical (unpaired) electrons. The fourth-order valence-corrected chi connectivity index (χ4v) is 1.13. The number of hydrogen-bond acceptors (Lipinski definition) is 0. The highest BCUT2D eigenvalue weighted by atomic mass is 14.4. The van der Waals surface area contributed by atoms with Crippen LogP contribution in [-0.2, 0) is 0 Å². The third-order valence-corrected chi connectivity index (χ3v) is 1.85. The molecule has 0 heteroatoms. The third kappa shape index (κ3) is 0.960. The van der Waals surface area contributed by atoms with E-state index in [0.717, 1.165) is 11.8 Å². The van der Waals surface area contributed by atoms with Crippen LogP contribution in [0.2, 0.25) is 0 Å². The number of rotatable bonds is 2. The Morgan fingerprint density at radius 2 is 1.57 bits per heavy atom. The van der Waals surface area contributed by atoms with Gasteiger partial charge in [-0.2, -0.15) is 0 Å². The van der Waals surface area contributed by atoms with Crippen molar-refractivity contribution < 1.29 is 0 Å². The van der Waals surface area contributed by atoms with Crippen molar-refractivity contribution in [3.63, 3.8) is 0 Å². The summed E-state index contributed by atoms with van der Waals surface area (Å²) in [6, 6.07) is 0. The summed E-state index contributed by atoms with van der Waals surface area (Å²) in [6.45, 7) is 4.52. The normalized spacial score (nSPS) is 38.6. The van der Waals surface area contributed by atoms with Gasteiger partial charge in [-0.1, -0.05) is 26.7 Å². The Morgan fingerprint density at radius 3 is 1.71 bits per heavy atom. The molecule has 0 nitrogen and oxygen atoms in total. The molecule has 0 aliphatic heterocycles. The molecule has 0 aromatic heterocycles. The maximum atomic E-state index is 2.44. The molecule has 1 aliphatic rings. The maximum absolute atomic E-state index is 2.44. The molecule has 0 aromatic carbocycles.